The summed E-state index contributed by atoms with van der Waals surface area (Å²) in [5.41, 5.74) is 0.871. The molecule has 0 unspecified atom stereocenters. The van der Waals surface area contributed by atoms with Gasteiger partial charge in [-0.2, -0.15) is 10.5 Å². The van der Waals surface area contributed by atoms with Crippen LogP contribution in [-0.4, -0.2) is 22.1 Å². The largest absolute Gasteiger partial charge is 0.392 e. The fraction of sp³-hybridized carbons (Fsp3) is 0.222. The van der Waals surface area contributed by atoms with Crippen LogP contribution in [0.3, 0.4) is 0 Å². The lowest BCUT2D eigenvalue weighted by atomic mass is 10.2. The molecule has 0 saturated heterocycles. The van der Waals surface area contributed by atoms with Gasteiger partial charge in [0, 0.05) is 18.4 Å². The highest BCUT2D eigenvalue weighted by Gasteiger charge is 2.14. The topological polar surface area (TPSA) is 131 Å². The summed E-state index contributed by atoms with van der Waals surface area (Å²) in [5.74, 6) is -0.697. The number of anilines is 1. The Kier molecular flexibility index (Phi) is 6.89. The van der Waals surface area contributed by atoms with E-state index in [2.05, 4.69) is 10.6 Å². The number of benzene rings is 1. The van der Waals surface area contributed by atoms with Gasteiger partial charge in [0.25, 0.3) is 11.5 Å². The molecule has 0 spiro atoms. The molecular formula is C18H17N5O3S. The zero-order chi connectivity index (χ0) is 19.8. The zero-order valence-corrected chi connectivity index (χ0v) is 15.3. The van der Waals surface area contributed by atoms with Gasteiger partial charge in [-0.15, -0.1) is 11.3 Å². The molecule has 0 aliphatic heterocycles. The number of aliphatic hydroxyl groups excluding tert-OH is 1. The fourth-order valence-corrected chi connectivity index (χ4v) is 3.39. The Labute approximate surface area is 158 Å². The van der Waals surface area contributed by atoms with Crippen LogP contribution in [0.1, 0.15) is 12.5 Å². The molecule has 0 fully saturated rings. The van der Waals surface area contributed by atoms with Crippen molar-refractivity contribution in [1.29, 1.82) is 10.5 Å². The van der Waals surface area contributed by atoms with Crippen molar-refractivity contribution >= 4 is 34.7 Å². The van der Waals surface area contributed by atoms with E-state index in [-0.39, 0.29) is 35.5 Å². The predicted molar refractivity (Wildman–Crippen MR) is 102 cm³/mol. The average molecular weight is 383 g/mol. The highest BCUT2D eigenvalue weighted by Crippen LogP contribution is 2.10. The number of rotatable bonds is 6. The summed E-state index contributed by atoms with van der Waals surface area (Å²) in [6.45, 7) is 1.70. The number of hydrogen-bond acceptors (Lipinski definition) is 7. The van der Waals surface area contributed by atoms with Gasteiger partial charge in [0.05, 0.1) is 12.7 Å². The first-order valence-electron chi connectivity index (χ1n) is 8.01. The molecule has 0 saturated carbocycles. The summed E-state index contributed by atoms with van der Waals surface area (Å²) in [7, 11) is 0. The van der Waals surface area contributed by atoms with Crippen LogP contribution < -0.4 is 25.4 Å². The lowest BCUT2D eigenvalue weighted by molar-refractivity contribution is -0.115. The highest BCUT2D eigenvalue weighted by molar-refractivity contribution is 7.07. The second-order valence-electron chi connectivity index (χ2n) is 5.30. The van der Waals surface area contributed by atoms with Gasteiger partial charge in [-0.25, -0.2) is 0 Å². The molecule has 0 aliphatic carbocycles. The van der Waals surface area contributed by atoms with Crippen LogP contribution in [-0.2, 0) is 17.9 Å². The van der Waals surface area contributed by atoms with E-state index < -0.39 is 5.91 Å². The van der Waals surface area contributed by atoms with Gasteiger partial charge in [0.1, 0.15) is 21.8 Å². The SMILES string of the molecule is CCn1c(=C(C#N)C(=O)NCC#N)sc(=CNc2cccc(CO)c2)c1=O. The van der Waals surface area contributed by atoms with Crippen molar-refractivity contribution in [3.8, 4) is 12.1 Å². The lowest BCUT2D eigenvalue weighted by Crippen LogP contribution is -2.34. The van der Waals surface area contributed by atoms with Crippen LogP contribution in [0, 0.1) is 22.7 Å². The van der Waals surface area contributed by atoms with E-state index in [1.807, 2.05) is 6.07 Å². The van der Waals surface area contributed by atoms with Crippen molar-refractivity contribution in [2.45, 2.75) is 20.1 Å². The molecular weight excluding hydrogens is 366 g/mol. The van der Waals surface area contributed by atoms with Crippen LogP contribution in [0.25, 0.3) is 11.8 Å². The van der Waals surface area contributed by atoms with E-state index in [9.17, 15) is 20.0 Å². The van der Waals surface area contributed by atoms with Crippen molar-refractivity contribution in [1.82, 2.24) is 9.88 Å². The van der Waals surface area contributed by atoms with E-state index in [4.69, 9.17) is 5.26 Å². The summed E-state index contributed by atoms with van der Waals surface area (Å²) in [5, 5.41) is 32.4. The third-order valence-corrected chi connectivity index (χ3v) is 4.71. The number of amides is 1. The third kappa shape index (κ3) is 4.61. The molecule has 1 aromatic heterocycles. The lowest BCUT2D eigenvalue weighted by Gasteiger charge is -2.01. The second-order valence-corrected chi connectivity index (χ2v) is 6.33. The standard InChI is InChI=1S/C18H17N5O3S/c1-2-23-17(26)15(10-22-13-5-3-4-12(8-13)11-24)27-18(23)14(9-20)16(25)21-7-6-19/h3-5,8,10,22,24H,2,7,11H2,1H3,(H,21,25). The Hall–Kier alpha value is -3.40. The Morgan fingerprint density at radius 3 is 2.81 bits per heavy atom. The van der Waals surface area contributed by atoms with E-state index in [1.165, 1.54) is 10.8 Å². The van der Waals surface area contributed by atoms with Crippen LogP contribution in [0.2, 0.25) is 0 Å². The van der Waals surface area contributed by atoms with Gasteiger partial charge in [0.15, 0.2) is 5.57 Å². The molecule has 138 valence electrons. The van der Waals surface area contributed by atoms with Crippen LogP contribution in [0.5, 0.6) is 0 Å². The average Bonchev–Trinajstić information content (AvgIpc) is 3.00. The summed E-state index contributed by atoms with van der Waals surface area (Å²) < 4.78 is 1.90. The van der Waals surface area contributed by atoms with Crippen LogP contribution >= 0.6 is 11.3 Å². The molecule has 0 aliphatic rings. The molecule has 8 nitrogen and oxygen atoms in total. The number of nitriles is 2. The first-order chi connectivity index (χ1) is 13.0. The molecule has 2 rings (SSSR count). The van der Waals surface area contributed by atoms with Gasteiger partial charge >= 0.3 is 0 Å². The van der Waals surface area contributed by atoms with Gasteiger partial charge in [-0.3, -0.25) is 14.2 Å². The number of aliphatic hydroxyl groups is 1. The maximum atomic E-state index is 12.6. The van der Waals surface area contributed by atoms with Crippen molar-refractivity contribution < 1.29 is 9.90 Å². The highest BCUT2D eigenvalue weighted by atomic mass is 32.1. The van der Waals surface area contributed by atoms with Crippen molar-refractivity contribution in [3.63, 3.8) is 0 Å². The van der Waals surface area contributed by atoms with Gasteiger partial charge < -0.3 is 15.7 Å². The Bertz CT molecular complexity index is 1100. The summed E-state index contributed by atoms with van der Waals surface area (Å²) in [4.78, 5) is 24.7. The Morgan fingerprint density at radius 1 is 1.41 bits per heavy atom. The summed E-state index contributed by atoms with van der Waals surface area (Å²) in [6, 6.07) is 10.6. The molecule has 1 amide bonds. The first-order valence-corrected chi connectivity index (χ1v) is 8.83. The van der Waals surface area contributed by atoms with Crippen molar-refractivity contribution in [3.05, 3.63) is 49.4 Å². The number of carbonyl (C=O) groups is 1. The van der Waals surface area contributed by atoms with Gasteiger partial charge in [-0.1, -0.05) is 12.1 Å². The first kappa shape index (κ1) is 19.9. The molecule has 3 N–H and O–H groups in total. The summed E-state index contributed by atoms with van der Waals surface area (Å²) >= 11 is 1.01. The smallest absolute Gasteiger partial charge is 0.270 e. The minimum atomic E-state index is -0.697. The number of nitrogens with zero attached hydrogens (tertiary/aromatic N) is 3. The monoisotopic (exact) mass is 383 g/mol. The number of thiazole rings is 1. The summed E-state index contributed by atoms with van der Waals surface area (Å²) in [6.07, 6.45) is 1.50. The Balaban J connectivity index is 2.53. The number of carbonyl (C=O) groups excluding carboxylic acids is 1. The normalized spacial score (nSPS) is 12.1. The maximum Gasteiger partial charge on any atom is 0.270 e. The molecule has 1 aromatic carbocycles. The molecule has 1 heterocycles. The third-order valence-electron chi connectivity index (χ3n) is 3.58. The van der Waals surface area contributed by atoms with Crippen molar-refractivity contribution in [2.75, 3.05) is 11.9 Å². The number of aromatic nitrogens is 1. The van der Waals surface area contributed by atoms with Crippen LogP contribution in [0.4, 0.5) is 5.69 Å². The minimum Gasteiger partial charge on any atom is -0.392 e. The van der Waals surface area contributed by atoms with Gasteiger partial charge in [-0.05, 0) is 24.6 Å². The number of nitrogens with one attached hydrogen (secondary N) is 2. The zero-order valence-electron chi connectivity index (χ0n) is 14.5. The van der Waals surface area contributed by atoms with E-state index >= 15 is 0 Å². The second kappa shape index (κ2) is 9.34. The molecule has 2 aromatic rings. The maximum absolute atomic E-state index is 12.6. The van der Waals surface area contributed by atoms with Crippen LogP contribution in [0.15, 0.2) is 29.1 Å². The molecule has 0 radical (unpaired) electrons. The molecule has 9 heteroatoms. The molecule has 0 atom stereocenters. The fourth-order valence-electron chi connectivity index (χ4n) is 2.30. The minimum absolute atomic E-state index is 0.0976. The molecule has 0 bridgehead atoms. The Morgan fingerprint density at radius 2 is 2.19 bits per heavy atom. The van der Waals surface area contributed by atoms with E-state index in [0.717, 1.165) is 16.9 Å². The van der Waals surface area contributed by atoms with Gasteiger partial charge in [0.2, 0.25) is 0 Å². The number of hydrogen-bond donors (Lipinski definition) is 3. The van der Waals surface area contributed by atoms with E-state index in [1.54, 1.807) is 37.3 Å². The molecule has 27 heavy (non-hydrogen) atoms. The van der Waals surface area contributed by atoms with Crippen molar-refractivity contribution in [2.24, 2.45) is 0 Å². The van der Waals surface area contributed by atoms with E-state index in [0.29, 0.717) is 10.2 Å². The quantitative estimate of drug-likeness (QED) is 0.581. The predicted octanol–water partition coefficient (Wildman–Crippen LogP) is -0.414.